The molecule has 0 fully saturated rings. The van der Waals surface area contributed by atoms with Crippen LogP contribution < -0.4 is 0 Å². The Morgan fingerprint density at radius 3 is 1.73 bits per heavy atom. The summed E-state index contributed by atoms with van der Waals surface area (Å²) in [6, 6.07) is 33.6. The highest BCUT2D eigenvalue weighted by Gasteiger charge is 2.15. The average Bonchev–Trinajstić information content (AvgIpc) is 3.37. The van der Waals surface area contributed by atoms with E-state index >= 15 is 0 Å². The van der Waals surface area contributed by atoms with Gasteiger partial charge in [-0.05, 0) is 64.4 Å². The summed E-state index contributed by atoms with van der Waals surface area (Å²) in [5, 5.41) is 7.01. The van der Waals surface area contributed by atoms with Crippen LogP contribution in [0.5, 0.6) is 0 Å². The highest BCUT2D eigenvalue weighted by molar-refractivity contribution is 6.27. The molecule has 2 nitrogen and oxygen atoms in total. The Bertz CT molecular complexity index is 1730. The Balaban J connectivity index is 1.58. The summed E-state index contributed by atoms with van der Waals surface area (Å²) in [5.41, 5.74) is 6.02. The largest absolute Gasteiger partial charge is 0.456 e. The standard InChI is InChI=1S/C28H16O2/c1-2-6-17(7-3-1)18-10-11-22-26(16-18)30-25-15-13-19-20(28(22)25)12-14-24-27(19)21-8-4-5-9-23(21)29-24/h1-16H. The molecule has 0 aliphatic heterocycles. The predicted molar refractivity (Wildman–Crippen MR) is 124 cm³/mol. The maximum Gasteiger partial charge on any atom is 0.136 e. The molecule has 0 atom stereocenters. The lowest BCUT2D eigenvalue weighted by molar-refractivity contribution is 0.668. The SMILES string of the molecule is c1ccc(-c2ccc3c(c2)oc2ccc4c(ccc5oc6ccccc6c54)c23)cc1. The molecule has 2 heteroatoms. The van der Waals surface area contributed by atoms with Crippen molar-refractivity contribution < 1.29 is 8.83 Å². The van der Waals surface area contributed by atoms with Crippen LogP contribution in [0.4, 0.5) is 0 Å². The molecule has 0 saturated heterocycles. The highest BCUT2D eigenvalue weighted by Crippen LogP contribution is 2.41. The molecule has 0 unspecified atom stereocenters. The van der Waals surface area contributed by atoms with Crippen molar-refractivity contribution in [3.05, 3.63) is 97.1 Å². The lowest BCUT2D eigenvalue weighted by atomic mass is 9.98. The molecule has 0 amide bonds. The molecule has 0 saturated carbocycles. The van der Waals surface area contributed by atoms with E-state index in [2.05, 4.69) is 78.9 Å². The van der Waals surface area contributed by atoms with Crippen molar-refractivity contribution in [1.29, 1.82) is 0 Å². The fourth-order valence-corrected chi connectivity index (χ4v) is 4.71. The zero-order valence-electron chi connectivity index (χ0n) is 16.1. The second kappa shape index (κ2) is 5.74. The Morgan fingerprint density at radius 1 is 0.367 bits per heavy atom. The number of rotatable bonds is 1. The van der Waals surface area contributed by atoms with E-state index in [9.17, 15) is 0 Å². The average molecular weight is 384 g/mol. The predicted octanol–water partition coefficient (Wildman–Crippen LogP) is 8.31. The van der Waals surface area contributed by atoms with Crippen LogP contribution in [0.3, 0.4) is 0 Å². The van der Waals surface area contributed by atoms with Gasteiger partial charge in [0.2, 0.25) is 0 Å². The van der Waals surface area contributed by atoms with Gasteiger partial charge in [-0.25, -0.2) is 0 Å². The number of fused-ring (bicyclic) bond motifs is 9. The van der Waals surface area contributed by atoms with Crippen LogP contribution >= 0.6 is 0 Å². The fourth-order valence-electron chi connectivity index (χ4n) is 4.71. The molecule has 0 radical (unpaired) electrons. The van der Waals surface area contributed by atoms with Crippen molar-refractivity contribution in [3.63, 3.8) is 0 Å². The maximum absolute atomic E-state index is 6.28. The Labute approximate surface area is 171 Å². The number of para-hydroxylation sites is 1. The molecule has 7 aromatic rings. The van der Waals surface area contributed by atoms with E-state index in [0.717, 1.165) is 44.1 Å². The molecule has 0 N–H and O–H groups in total. The van der Waals surface area contributed by atoms with Gasteiger partial charge in [0.15, 0.2) is 0 Å². The van der Waals surface area contributed by atoms with E-state index < -0.39 is 0 Å². The Hall–Kier alpha value is -4.04. The van der Waals surface area contributed by atoms with Gasteiger partial charge in [0.1, 0.15) is 22.3 Å². The van der Waals surface area contributed by atoms with Gasteiger partial charge < -0.3 is 8.83 Å². The zero-order chi connectivity index (χ0) is 19.7. The van der Waals surface area contributed by atoms with Gasteiger partial charge in [-0.2, -0.15) is 0 Å². The molecule has 0 bridgehead atoms. The van der Waals surface area contributed by atoms with Gasteiger partial charge in [-0.1, -0.05) is 54.6 Å². The van der Waals surface area contributed by atoms with Crippen LogP contribution in [0, 0.1) is 0 Å². The second-order valence-electron chi connectivity index (χ2n) is 7.75. The van der Waals surface area contributed by atoms with Gasteiger partial charge in [-0.15, -0.1) is 0 Å². The van der Waals surface area contributed by atoms with Crippen LogP contribution in [0.25, 0.3) is 65.8 Å². The third-order valence-corrected chi connectivity index (χ3v) is 6.08. The van der Waals surface area contributed by atoms with E-state index in [-0.39, 0.29) is 0 Å². The molecule has 5 aromatic carbocycles. The fraction of sp³-hybridized carbons (Fsp3) is 0. The highest BCUT2D eigenvalue weighted by atomic mass is 16.3. The molecule has 0 aliphatic rings. The van der Waals surface area contributed by atoms with Crippen LogP contribution in [0.2, 0.25) is 0 Å². The number of benzene rings is 5. The first kappa shape index (κ1) is 15.8. The van der Waals surface area contributed by atoms with E-state index in [1.807, 2.05) is 18.2 Å². The summed E-state index contributed by atoms with van der Waals surface area (Å²) in [6.45, 7) is 0. The zero-order valence-corrected chi connectivity index (χ0v) is 16.1. The third-order valence-electron chi connectivity index (χ3n) is 6.08. The Kier molecular flexibility index (Phi) is 3.03. The molecule has 140 valence electrons. The van der Waals surface area contributed by atoms with Crippen LogP contribution in [-0.2, 0) is 0 Å². The van der Waals surface area contributed by atoms with E-state index in [4.69, 9.17) is 8.83 Å². The summed E-state index contributed by atoms with van der Waals surface area (Å²) < 4.78 is 12.4. The van der Waals surface area contributed by atoms with E-state index in [0.29, 0.717) is 0 Å². The quantitative estimate of drug-likeness (QED) is 0.284. The molecule has 2 aromatic heterocycles. The van der Waals surface area contributed by atoms with E-state index in [1.165, 1.54) is 21.7 Å². The van der Waals surface area contributed by atoms with Crippen LogP contribution in [-0.4, -0.2) is 0 Å². The van der Waals surface area contributed by atoms with Crippen molar-refractivity contribution in [1.82, 2.24) is 0 Å². The van der Waals surface area contributed by atoms with Crippen LogP contribution in [0.1, 0.15) is 0 Å². The minimum absolute atomic E-state index is 0.912. The normalized spacial score (nSPS) is 12.0. The lowest BCUT2D eigenvalue weighted by Gasteiger charge is -2.02. The molecular weight excluding hydrogens is 368 g/mol. The smallest absolute Gasteiger partial charge is 0.136 e. The summed E-state index contributed by atoms with van der Waals surface area (Å²) >= 11 is 0. The van der Waals surface area contributed by atoms with Gasteiger partial charge >= 0.3 is 0 Å². The van der Waals surface area contributed by atoms with Gasteiger partial charge in [0, 0.05) is 21.5 Å². The van der Waals surface area contributed by atoms with Gasteiger partial charge in [0.05, 0.1) is 0 Å². The summed E-state index contributed by atoms with van der Waals surface area (Å²) in [7, 11) is 0. The maximum atomic E-state index is 6.28. The monoisotopic (exact) mass is 384 g/mol. The molecule has 30 heavy (non-hydrogen) atoms. The van der Waals surface area contributed by atoms with Crippen molar-refractivity contribution >= 4 is 54.6 Å². The molecule has 7 rings (SSSR count). The minimum atomic E-state index is 0.912. The number of furan rings is 2. The Morgan fingerprint density at radius 2 is 0.967 bits per heavy atom. The molecule has 0 spiro atoms. The first-order valence-corrected chi connectivity index (χ1v) is 10.1. The summed E-state index contributed by atoms with van der Waals surface area (Å²) in [4.78, 5) is 0. The number of hydrogen-bond acceptors (Lipinski definition) is 2. The summed E-state index contributed by atoms with van der Waals surface area (Å²) in [6.07, 6.45) is 0. The first-order chi connectivity index (χ1) is 14.9. The molecule has 2 heterocycles. The lowest BCUT2D eigenvalue weighted by Crippen LogP contribution is -1.78. The minimum Gasteiger partial charge on any atom is -0.456 e. The van der Waals surface area contributed by atoms with Crippen molar-refractivity contribution in [2.24, 2.45) is 0 Å². The van der Waals surface area contributed by atoms with E-state index in [1.54, 1.807) is 0 Å². The van der Waals surface area contributed by atoms with Crippen molar-refractivity contribution in [2.75, 3.05) is 0 Å². The van der Waals surface area contributed by atoms with Crippen molar-refractivity contribution in [3.8, 4) is 11.1 Å². The third kappa shape index (κ3) is 2.08. The molecule has 0 aliphatic carbocycles. The van der Waals surface area contributed by atoms with Gasteiger partial charge in [-0.3, -0.25) is 0 Å². The topological polar surface area (TPSA) is 26.3 Å². The first-order valence-electron chi connectivity index (χ1n) is 10.1. The number of hydrogen-bond donors (Lipinski definition) is 0. The van der Waals surface area contributed by atoms with Crippen LogP contribution in [0.15, 0.2) is 106 Å². The summed E-state index contributed by atoms with van der Waals surface area (Å²) in [5.74, 6) is 0. The van der Waals surface area contributed by atoms with Gasteiger partial charge in [0.25, 0.3) is 0 Å². The van der Waals surface area contributed by atoms with Crippen molar-refractivity contribution in [2.45, 2.75) is 0 Å². The molecular formula is C28H16O2. The second-order valence-corrected chi connectivity index (χ2v) is 7.75.